The van der Waals surface area contributed by atoms with E-state index >= 15 is 0 Å². The standard InChI is InChI=1S/C23H21Cl3N4O2S/c1-14-2-8-18(27)11-23(14)33(31,32)28-13-19-12-22(15-3-5-16(24)6-4-15)30(29-19)21-9-7-17(25)10-20(21)26/h2-11,22,28H,12-13,27H2,1H3/t22-/m0/s1. The molecule has 0 bridgehead atoms. The maximum Gasteiger partial charge on any atom is 0.241 e. The van der Waals surface area contributed by atoms with Gasteiger partial charge in [-0.2, -0.15) is 5.10 Å². The van der Waals surface area contributed by atoms with Crippen LogP contribution in [0, 0.1) is 6.92 Å². The van der Waals surface area contributed by atoms with Crippen LogP contribution in [-0.4, -0.2) is 20.7 Å². The van der Waals surface area contributed by atoms with Crippen LogP contribution in [0.15, 0.2) is 70.7 Å². The first kappa shape index (κ1) is 23.9. The van der Waals surface area contributed by atoms with Gasteiger partial charge in [-0.05, 0) is 60.5 Å². The number of anilines is 2. The lowest BCUT2D eigenvalue weighted by atomic mass is 10.0. The van der Waals surface area contributed by atoms with E-state index in [9.17, 15) is 8.42 Å². The van der Waals surface area contributed by atoms with Crippen molar-refractivity contribution in [2.24, 2.45) is 5.10 Å². The summed E-state index contributed by atoms with van der Waals surface area (Å²) < 4.78 is 28.5. The molecule has 3 aromatic rings. The Balaban J connectivity index is 1.63. The molecule has 172 valence electrons. The van der Waals surface area contributed by atoms with Gasteiger partial charge in [0.15, 0.2) is 0 Å². The Kier molecular flexibility index (Phi) is 6.88. The number of nitrogen functional groups attached to an aromatic ring is 1. The summed E-state index contributed by atoms with van der Waals surface area (Å²) in [5, 5.41) is 8.08. The van der Waals surface area contributed by atoms with Crippen LogP contribution in [0.2, 0.25) is 15.1 Å². The molecular weight excluding hydrogens is 503 g/mol. The summed E-state index contributed by atoms with van der Waals surface area (Å²) in [6.45, 7) is 1.77. The first-order valence-electron chi connectivity index (χ1n) is 10.1. The fourth-order valence-electron chi connectivity index (χ4n) is 3.68. The molecule has 0 unspecified atom stereocenters. The van der Waals surface area contributed by atoms with Crippen molar-refractivity contribution >= 4 is 61.9 Å². The summed E-state index contributed by atoms with van der Waals surface area (Å²) in [4.78, 5) is 0.146. The smallest absolute Gasteiger partial charge is 0.241 e. The van der Waals surface area contributed by atoms with E-state index in [1.807, 2.05) is 24.3 Å². The minimum absolute atomic E-state index is 0.0440. The molecule has 1 aliphatic rings. The average molecular weight is 524 g/mol. The minimum atomic E-state index is -3.77. The van der Waals surface area contributed by atoms with Crippen LogP contribution in [0.25, 0.3) is 0 Å². The molecule has 1 heterocycles. The molecule has 0 amide bonds. The second-order valence-corrected chi connectivity index (χ2v) is 10.7. The molecule has 6 nitrogen and oxygen atoms in total. The summed E-state index contributed by atoms with van der Waals surface area (Å²) in [5.74, 6) is 0. The molecule has 0 saturated heterocycles. The van der Waals surface area contributed by atoms with Gasteiger partial charge in [0.2, 0.25) is 10.0 Å². The van der Waals surface area contributed by atoms with Crippen molar-refractivity contribution in [2.75, 3.05) is 17.3 Å². The number of benzene rings is 3. The van der Waals surface area contributed by atoms with Crippen LogP contribution in [0.4, 0.5) is 11.4 Å². The number of halogens is 3. The van der Waals surface area contributed by atoms with Crippen molar-refractivity contribution < 1.29 is 8.42 Å². The summed E-state index contributed by atoms with van der Waals surface area (Å²) in [6.07, 6.45) is 0.499. The predicted octanol–water partition coefficient (Wildman–Crippen LogP) is 5.82. The molecular formula is C23H21Cl3N4O2S. The van der Waals surface area contributed by atoms with Gasteiger partial charge in [0, 0.05) is 22.2 Å². The fraction of sp³-hybridized carbons (Fsp3) is 0.174. The van der Waals surface area contributed by atoms with E-state index in [2.05, 4.69) is 4.72 Å². The Labute approximate surface area is 208 Å². The molecule has 0 aromatic heterocycles. The molecule has 33 heavy (non-hydrogen) atoms. The summed E-state index contributed by atoms with van der Waals surface area (Å²) in [7, 11) is -3.77. The lowest BCUT2D eigenvalue weighted by Crippen LogP contribution is -2.29. The number of sulfonamides is 1. The summed E-state index contributed by atoms with van der Waals surface area (Å²) >= 11 is 18.6. The van der Waals surface area contributed by atoms with Gasteiger partial charge in [-0.25, -0.2) is 13.1 Å². The highest BCUT2D eigenvalue weighted by Crippen LogP contribution is 2.39. The van der Waals surface area contributed by atoms with Crippen LogP contribution < -0.4 is 15.5 Å². The Morgan fingerprint density at radius 2 is 1.73 bits per heavy atom. The first-order chi connectivity index (χ1) is 15.6. The number of nitrogens with two attached hydrogens (primary N) is 1. The molecule has 0 radical (unpaired) electrons. The van der Waals surface area contributed by atoms with Crippen LogP contribution in [-0.2, 0) is 10.0 Å². The van der Waals surface area contributed by atoms with E-state index in [-0.39, 0.29) is 17.5 Å². The molecule has 0 aliphatic carbocycles. The lowest BCUT2D eigenvalue weighted by Gasteiger charge is -2.25. The predicted molar refractivity (Wildman–Crippen MR) is 136 cm³/mol. The quantitative estimate of drug-likeness (QED) is 0.398. The third-order valence-corrected chi connectivity index (χ3v) is 7.69. The van der Waals surface area contributed by atoms with Crippen molar-refractivity contribution in [1.29, 1.82) is 0 Å². The first-order valence-corrected chi connectivity index (χ1v) is 12.7. The Morgan fingerprint density at radius 3 is 2.42 bits per heavy atom. The number of nitrogens with zero attached hydrogens (tertiary/aromatic N) is 2. The van der Waals surface area contributed by atoms with Crippen LogP contribution in [0.5, 0.6) is 0 Å². The van der Waals surface area contributed by atoms with Gasteiger partial charge in [-0.1, -0.05) is 53.0 Å². The molecule has 4 rings (SSSR count). The van der Waals surface area contributed by atoms with Crippen molar-refractivity contribution in [2.45, 2.75) is 24.3 Å². The zero-order valence-electron chi connectivity index (χ0n) is 17.6. The van der Waals surface area contributed by atoms with Gasteiger partial charge < -0.3 is 5.73 Å². The van der Waals surface area contributed by atoms with E-state index in [0.29, 0.717) is 44.1 Å². The molecule has 10 heteroatoms. The highest BCUT2D eigenvalue weighted by molar-refractivity contribution is 7.89. The number of rotatable bonds is 6. The maximum absolute atomic E-state index is 12.9. The Morgan fingerprint density at radius 1 is 1.03 bits per heavy atom. The highest BCUT2D eigenvalue weighted by atomic mass is 35.5. The Bertz CT molecular complexity index is 1330. The van der Waals surface area contributed by atoms with Crippen molar-refractivity contribution in [3.63, 3.8) is 0 Å². The number of hydrogen-bond acceptors (Lipinski definition) is 5. The Hall–Kier alpha value is -2.29. The topological polar surface area (TPSA) is 87.8 Å². The molecule has 1 atom stereocenters. The third kappa shape index (κ3) is 5.28. The summed E-state index contributed by atoms with van der Waals surface area (Å²) in [6, 6.07) is 17.2. The van der Waals surface area contributed by atoms with E-state index in [0.717, 1.165) is 5.56 Å². The maximum atomic E-state index is 12.9. The van der Waals surface area contributed by atoms with Gasteiger partial charge in [0.25, 0.3) is 0 Å². The zero-order chi connectivity index (χ0) is 23.8. The molecule has 0 saturated carbocycles. The molecule has 0 spiro atoms. The largest absolute Gasteiger partial charge is 0.399 e. The second kappa shape index (κ2) is 9.52. The molecule has 3 aromatic carbocycles. The second-order valence-electron chi connectivity index (χ2n) is 7.73. The van der Waals surface area contributed by atoms with Crippen LogP contribution in [0.3, 0.4) is 0 Å². The van der Waals surface area contributed by atoms with Gasteiger partial charge >= 0.3 is 0 Å². The molecule has 1 aliphatic heterocycles. The monoisotopic (exact) mass is 522 g/mol. The molecule has 3 N–H and O–H groups in total. The normalized spacial score (nSPS) is 16.2. The van der Waals surface area contributed by atoms with Crippen molar-refractivity contribution in [3.8, 4) is 0 Å². The number of hydrogen-bond donors (Lipinski definition) is 2. The van der Waals surface area contributed by atoms with E-state index in [4.69, 9.17) is 45.6 Å². The minimum Gasteiger partial charge on any atom is -0.399 e. The zero-order valence-corrected chi connectivity index (χ0v) is 20.7. The average Bonchev–Trinajstić information content (AvgIpc) is 3.18. The van der Waals surface area contributed by atoms with E-state index < -0.39 is 10.0 Å². The van der Waals surface area contributed by atoms with E-state index in [1.165, 1.54) is 6.07 Å². The van der Waals surface area contributed by atoms with Gasteiger partial charge in [-0.3, -0.25) is 5.01 Å². The third-order valence-electron chi connectivity index (χ3n) is 5.35. The highest BCUT2D eigenvalue weighted by Gasteiger charge is 2.31. The lowest BCUT2D eigenvalue weighted by molar-refractivity contribution is 0.585. The number of hydrazone groups is 1. The van der Waals surface area contributed by atoms with Crippen LogP contribution >= 0.6 is 34.8 Å². The number of nitrogens with one attached hydrogen (secondary N) is 1. The fourth-order valence-corrected chi connectivity index (χ4v) is 5.59. The van der Waals surface area contributed by atoms with E-state index in [1.54, 1.807) is 42.3 Å². The SMILES string of the molecule is Cc1ccc(N)cc1S(=O)(=O)NCC1=NN(c2ccc(Cl)cc2Cl)[C@H](c2ccc(Cl)cc2)C1. The van der Waals surface area contributed by atoms with Gasteiger partial charge in [0.1, 0.15) is 0 Å². The van der Waals surface area contributed by atoms with Crippen LogP contribution in [0.1, 0.15) is 23.6 Å². The van der Waals surface area contributed by atoms with Gasteiger partial charge in [-0.15, -0.1) is 0 Å². The van der Waals surface area contributed by atoms with Gasteiger partial charge in [0.05, 0.1) is 33.9 Å². The van der Waals surface area contributed by atoms with Crippen molar-refractivity contribution in [1.82, 2.24) is 4.72 Å². The summed E-state index contributed by atoms with van der Waals surface area (Å²) in [5.41, 5.74) is 9.08. The molecule has 0 fully saturated rings. The number of aryl methyl sites for hydroxylation is 1. The van der Waals surface area contributed by atoms with Crippen molar-refractivity contribution in [3.05, 3.63) is 86.9 Å².